The molecule has 1 N–H and O–H groups in total. The smallest absolute Gasteiger partial charge is 0.320 e. The minimum absolute atomic E-state index is 0.529. The van der Waals surface area contributed by atoms with E-state index >= 15 is 0 Å². The molecular weight excluding hydrogens is 314 g/mol. The standard InChI is InChI=1S/C15H13F4N3O/c1-2-22-9-10(8-20-22)3-6-14(23)21-13-7-11(15(17,18)19)4-5-12(13)16/h3-9H,2H2,1H3,(H,21,23)/b6-3-. The molecule has 0 atom stereocenters. The lowest BCUT2D eigenvalue weighted by Crippen LogP contribution is -2.12. The number of carbonyl (C=O) groups is 1. The van der Waals surface area contributed by atoms with Crippen LogP contribution in [0.3, 0.4) is 0 Å². The molecule has 0 aliphatic heterocycles. The maximum Gasteiger partial charge on any atom is 0.416 e. The van der Waals surface area contributed by atoms with Crippen LogP contribution < -0.4 is 5.32 Å². The molecule has 2 aromatic rings. The van der Waals surface area contributed by atoms with Crippen LogP contribution >= 0.6 is 0 Å². The third-order valence-electron chi connectivity index (χ3n) is 2.96. The first-order valence-corrected chi connectivity index (χ1v) is 6.68. The molecule has 0 unspecified atom stereocenters. The van der Waals surface area contributed by atoms with Crippen molar-refractivity contribution in [2.45, 2.75) is 19.6 Å². The van der Waals surface area contributed by atoms with E-state index in [0.29, 0.717) is 30.3 Å². The number of alkyl halides is 3. The van der Waals surface area contributed by atoms with Crippen LogP contribution in [-0.2, 0) is 17.5 Å². The van der Waals surface area contributed by atoms with Gasteiger partial charge >= 0.3 is 6.18 Å². The zero-order chi connectivity index (χ0) is 17.0. The molecule has 1 aromatic heterocycles. The Kier molecular flexibility index (Phi) is 4.83. The van der Waals surface area contributed by atoms with Crippen LogP contribution in [0.15, 0.2) is 36.7 Å². The number of nitrogens with zero attached hydrogens (tertiary/aromatic N) is 2. The average Bonchev–Trinajstić information content (AvgIpc) is 2.94. The van der Waals surface area contributed by atoms with E-state index < -0.39 is 29.2 Å². The average molecular weight is 327 g/mol. The number of hydrogen-bond donors (Lipinski definition) is 1. The number of anilines is 1. The van der Waals surface area contributed by atoms with Gasteiger partial charge < -0.3 is 5.32 Å². The van der Waals surface area contributed by atoms with E-state index in [2.05, 4.69) is 10.4 Å². The number of benzene rings is 1. The highest BCUT2D eigenvalue weighted by atomic mass is 19.4. The van der Waals surface area contributed by atoms with Gasteiger partial charge in [-0.3, -0.25) is 9.48 Å². The number of halogens is 4. The van der Waals surface area contributed by atoms with E-state index in [-0.39, 0.29) is 0 Å². The summed E-state index contributed by atoms with van der Waals surface area (Å²) in [5.41, 5.74) is -0.923. The summed E-state index contributed by atoms with van der Waals surface area (Å²) in [6, 6.07) is 1.82. The van der Waals surface area contributed by atoms with Crippen molar-refractivity contribution in [2.24, 2.45) is 0 Å². The molecule has 0 saturated heterocycles. The number of hydrogen-bond acceptors (Lipinski definition) is 2. The molecule has 0 saturated carbocycles. The van der Waals surface area contributed by atoms with E-state index in [0.717, 1.165) is 6.08 Å². The highest BCUT2D eigenvalue weighted by Crippen LogP contribution is 2.31. The quantitative estimate of drug-likeness (QED) is 0.687. The maximum atomic E-state index is 13.5. The molecule has 0 radical (unpaired) electrons. The molecule has 0 aliphatic rings. The molecule has 0 fully saturated rings. The summed E-state index contributed by atoms with van der Waals surface area (Å²) in [5, 5.41) is 6.08. The summed E-state index contributed by atoms with van der Waals surface area (Å²) >= 11 is 0. The molecule has 8 heteroatoms. The lowest BCUT2D eigenvalue weighted by Gasteiger charge is -2.09. The molecule has 23 heavy (non-hydrogen) atoms. The second-order valence-corrected chi connectivity index (χ2v) is 4.64. The number of nitrogens with one attached hydrogen (secondary N) is 1. The first kappa shape index (κ1) is 16.7. The van der Waals surface area contributed by atoms with E-state index in [1.807, 2.05) is 6.92 Å². The van der Waals surface area contributed by atoms with Gasteiger partial charge in [0.05, 0.1) is 17.4 Å². The Morgan fingerprint density at radius 2 is 2.13 bits per heavy atom. The van der Waals surface area contributed by atoms with Crippen LogP contribution in [0.2, 0.25) is 0 Å². The van der Waals surface area contributed by atoms with Crippen LogP contribution in [0.4, 0.5) is 23.2 Å². The summed E-state index contributed by atoms with van der Waals surface area (Å²) in [5.74, 6) is -1.69. The van der Waals surface area contributed by atoms with Crippen LogP contribution in [0, 0.1) is 5.82 Å². The summed E-state index contributed by atoms with van der Waals surface area (Å²) in [4.78, 5) is 11.7. The molecule has 0 aliphatic carbocycles. The summed E-state index contributed by atoms with van der Waals surface area (Å²) in [6.45, 7) is 2.55. The van der Waals surface area contributed by atoms with Gasteiger partial charge in [0.15, 0.2) is 0 Å². The van der Waals surface area contributed by atoms with Gasteiger partial charge in [-0.05, 0) is 31.2 Å². The van der Waals surface area contributed by atoms with Crippen molar-refractivity contribution in [3.05, 3.63) is 53.6 Å². The first-order valence-electron chi connectivity index (χ1n) is 6.68. The zero-order valence-electron chi connectivity index (χ0n) is 12.1. The number of carbonyl (C=O) groups excluding carboxylic acids is 1. The van der Waals surface area contributed by atoms with E-state index in [4.69, 9.17) is 0 Å². The van der Waals surface area contributed by atoms with Gasteiger partial charge in [0.1, 0.15) is 5.82 Å². The number of aromatic nitrogens is 2. The van der Waals surface area contributed by atoms with Crippen molar-refractivity contribution < 1.29 is 22.4 Å². The molecule has 2 rings (SSSR count). The van der Waals surface area contributed by atoms with Crippen LogP contribution in [0.1, 0.15) is 18.1 Å². The maximum absolute atomic E-state index is 13.5. The lowest BCUT2D eigenvalue weighted by molar-refractivity contribution is -0.137. The van der Waals surface area contributed by atoms with Gasteiger partial charge in [-0.15, -0.1) is 0 Å². The Labute approximate surface area is 129 Å². The fourth-order valence-electron chi connectivity index (χ4n) is 1.78. The third-order valence-corrected chi connectivity index (χ3v) is 2.96. The summed E-state index contributed by atoms with van der Waals surface area (Å²) < 4.78 is 52.9. The molecule has 0 bridgehead atoms. The Balaban J connectivity index is 2.10. The van der Waals surface area contributed by atoms with Gasteiger partial charge in [-0.25, -0.2) is 4.39 Å². The Morgan fingerprint density at radius 1 is 1.39 bits per heavy atom. The largest absolute Gasteiger partial charge is 0.416 e. The van der Waals surface area contributed by atoms with Crippen molar-refractivity contribution >= 4 is 17.7 Å². The zero-order valence-corrected chi connectivity index (χ0v) is 12.1. The fraction of sp³-hybridized carbons (Fsp3) is 0.200. The third kappa shape index (κ3) is 4.41. The SMILES string of the molecule is CCn1cc(/C=C\C(=O)Nc2cc(C(F)(F)F)ccc2F)cn1. The van der Waals surface area contributed by atoms with Gasteiger partial charge in [0.25, 0.3) is 0 Å². The second-order valence-electron chi connectivity index (χ2n) is 4.64. The van der Waals surface area contributed by atoms with Crippen molar-refractivity contribution in [1.82, 2.24) is 9.78 Å². The van der Waals surface area contributed by atoms with E-state index in [1.54, 1.807) is 10.9 Å². The molecule has 1 amide bonds. The number of amides is 1. The second kappa shape index (κ2) is 6.64. The van der Waals surface area contributed by atoms with Gasteiger partial charge in [0.2, 0.25) is 5.91 Å². The van der Waals surface area contributed by atoms with Crippen molar-refractivity contribution in [1.29, 1.82) is 0 Å². The van der Waals surface area contributed by atoms with Gasteiger partial charge in [0, 0.05) is 24.4 Å². The Bertz CT molecular complexity index is 735. The molecule has 122 valence electrons. The lowest BCUT2D eigenvalue weighted by atomic mass is 10.2. The topological polar surface area (TPSA) is 46.9 Å². The monoisotopic (exact) mass is 327 g/mol. The molecule has 0 spiro atoms. The Morgan fingerprint density at radius 3 is 2.74 bits per heavy atom. The predicted octanol–water partition coefficient (Wildman–Crippen LogP) is 3.71. The van der Waals surface area contributed by atoms with Gasteiger partial charge in [-0.2, -0.15) is 18.3 Å². The fourth-order valence-corrected chi connectivity index (χ4v) is 1.78. The van der Waals surface area contributed by atoms with Crippen molar-refractivity contribution in [3.63, 3.8) is 0 Å². The minimum Gasteiger partial charge on any atom is -0.320 e. The first-order chi connectivity index (χ1) is 10.8. The molecule has 1 aromatic carbocycles. The number of rotatable bonds is 4. The van der Waals surface area contributed by atoms with Crippen LogP contribution in [0.25, 0.3) is 6.08 Å². The highest BCUT2D eigenvalue weighted by molar-refractivity contribution is 6.02. The minimum atomic E-state index is -4.61. The van der Waals surface area contributed by atoms with Gasteiger partial charge in [-0.1, -0.05) is 0 Å². The normalized spacial score (nSPS) is 11.9. The predicted molar refractivity (Wildman–Crippen MR) is 77.0 cm³/mol. The number of aryl methyl sites for hydroxylation is 1. The van der Waals surface area contributed by atoms with Crippen LogP contribution in [0.5, 0.6) is 0 Å². The summed E-state index contributed by atoms with van der Waals surface area (Å²) in [7, 11) is 0. The van der Waals surface area contributed by atoms with Crippen molar-refractivity contribution in [3.8, 4) is 0 Å². The van der Waals surface area contributed by atoms with E-state index in [1.165, 1.54) is 12.3 Å². The highest BCUT2D eigenvalue weighted by Gasteiger charge is 2.31. The molecular formula is C15H13F4N3O. The Hall–Kier alpha value is -2.64. The summed E-state index contributed by atoms with van der Waals surface area (Å²) in [6.07, 6.45) is 1.13. The van der Waals surface area contributed by atoms with Crippen molar-refractivity contribution in [2.75, 3.05) is 5.32 Å². The molecule has 1 heterocycles. The molecule has 4 nitrogen and oxygen atoms in total. The van der Waals surface area contributed by atoms with E-state index in [9.17, 15) is 22.4 Å². The van der Waals surface area contributed by atoms with Crippen LogP contribution in [-0.4, -0.2) is 15.7 Å².